The van der Waals surface area contributed by atoms with E-state index in [1.54, 1.807) is 0 Å². The smallest absolute Gasteiger partial charge is 0.0494 e. The van der Waals surface area contributed by atoms with Gasteiger partial charge < -0.3 is 4.57 Å². The second-order valence-electron chi connectivity index (χ2n) is 6.52. The normalized spacial score (nSPS) is 14.9. The molecule has 0 bridgehead atoms. The zero-order valence-electron chi connectivity index (χ0n) is 13.5. The number of para-hydroxylation sites is 2. The molecule has 0 aliphatic rings. The summed E-state index contributed by atoms with van der Waals surface area (Å²) in [5, 5.41) is 2.75. The Hall–Kier alpha value is -1.76. The third-order valence-electron chi connectivity index (χ3n) is 4.83. The van der Waals surface area contributed by atoms with E-state index in [4.69, 9.17) is 0 Å². The third-order valence-corrected chi connectivity index (χ3v) is 4.83. The molecule has 1 heterocycles. The summed E-state index contributed by atoms with van der Waals surface area (Å²) in [6, 6.07) is 18.2. The van der Waals surface area contributed by atoms with E-state index in [1.807, 2.05) is 0 Å². The number of hydrogen-bond donors (Lipinski definition) is 0. The molecule has 3 rings (SSSR count). The molecule has 1 nitrogen and oxygen atoms in total. The van der Waals surface area contributed by atoms with Crippen LogP contribution < -0.4 is 0 Å². The van der Waals surface area contributed by atoms with E-state index < -0.39 is 0 Å². The highest BCUT2D eigenvalue weighted by Crippen LogP contribution is 2.38. The first-order valence-electron chi connectivity index (χ1n) is 8.12. The number of benzene rings is 2. The summed E-state index contributed by atoms with van der Waals surface area (Å²) >= 11 is 0. The number of aromatic nitrogens is 1. The summed E-state index contributed by atoms with van der Waals surface area (Å²) < 4.78 is 2.59. The first-order chi connectivity index (χ1) is 10.1. The minimum absolute atomic E-state index is 0.541. The Morgan fingerprint density at radius 2 is 1.29 bits per heavy atom. The minimum atomic E-state index is 0.541. The van der Waals surface area contributed by atoms with Crippen molar-refractivity contribution >= 4 is 21.8 Å². The monoisotopic (exact) mass is 279 g/mol. The molecular weight excluding hydrogens is 254 g/mol. The van der Waals surface area contributed by atoms with Gasteiger partial charge in [-0.15, -0.1) is 0 Å². The van der Waals surface area contributed by atoms with Gasteiger partial charge in [0.1, 0.15) is 0 Å². The Bertz CT molecular complexity index is 697. The van der Waals surface area contributed by atoms with Gasteiger partial charge in [-0.1, -0.05) is 70.5 Å². The van der Waals surface area contributed by atoms with Crippen LogP contribution in [0.5, 0.6) is 0 Å². The number of nitrogens with zero attached hydrogens (tertiary/aromatic N) is 1. The second-order valence-corrected chi connectivity index (χ2v) is 6.52. The SMILES string of the molecule is CCC(C)C(C(C)C)n1c2ccccc2c2ccccc21. The van der Waals surface area contributed by atoms with Crippen molar-refractivity contribution in [2.75, 3.05) is 0 Å². The lowest BCUT2D eigenvalue weighted by Crippen LogP contribution is -2.22. The maximum absolute atomic E-state index is 2.59. The van der Waals surface area contributed by atoms with Gasteiger partial charge in [-0.3, -0.25) is 0 Å². The highest BCUT2D eigenvalue weighted by molar-refractivity contribution is 6.08. The molecule has 0 aliphatic carbocycles. The van der Waals surface area contributed by atoms with Gasteiger partial charge in [-0.2, -0.15) is 0 Å². The molecule has 0 saturated heterocycles. The first kappa shape index (κ1) is 14.2. The molecular formula is C20H25N. The predicted octanol–water partition coefficient (Wildman–Crippen LogP) is 6.04. The number of hydrogen-bond acceptors (Lipinski definition) is 0. The summed E-state index contributed by atoms with van der Waals surface area (Å²) in [5.41, 5.74) is 2.75. The van der Waals surface area contributed by atoms with Gasteiger partial charge in [0, 0.05) is 27.8 Å². The molecule has 0 aliphatic heterocycles. The molecule has 0 amide bonds. The predicted molar refractivity (Wildman–Crippen MR) is 92.8 cm³/mol. The zero-order valence-corrected chi connectivity index (χ0v) is 13.5. The summed E-state index contributed by atoms with van der Waals surface area (Å²) in [7, 11) is 0. The van der Waals surface area contributed by atoms with Crippen molar-refractivity contribution in [2.45, 2.75) is 40.2 Å². The Balaban J connectivity index is 2.37. The molecule has 2 aromatic carbocycles. The van der Waals surface area contributed by atoms with E-state index >= 15 is 0 Å². The summed E-state index contributed by atoms with van der Waals surface area (Å²) in [6.45, 7) is 9.38. The van der Waals surface area contributed by atoms with Gasteiger partial charge in [-0.05, 0) is 24.0 Å². The molecule has 110 valence electrons. The van der Waals surface area contributed by atoms with Crippen molar-refractivity contribution in [3.63, 3.8) is 0 Å². The molecule has 0 radical (unpaired) electrons. The lowest BCUT2D eigenvalue weighted by Gasteiger charge is -2.30. The van der Waals surface area contributed by atoms with Crippen LogP contribution in [-0.4, -0.2) is 4.57 Å². The molecule has 2 unspecified atom stereocenters. The van der Waals surface area contributed by atoms with Crippen LogP contribution in [-0.2, 0) is 0 Å². The van der Waals surface area contributed by atoms with Crippen molar-refractivity contribution in [1.29, 1.82) is 0 Å². The van der Waals surface area contributed by atoms with E-state index in [0.29, 0.717) is 17.9 Å². The number of rotatable bonds is 4. The van der Waals surface area contributed by atoms with Crippen LogP contribution in [0.2, 0.25) is 0 Å². The van der Waals surface area contributed by atoms with Gasteiger partial charge in [0.25, 0.3) is 0 Å². The van der Waals surface area contributed by atoms with Crippen LogP contribution in [0.25, 0.3) is 21.8 Å². The molecule has 0 spiro atoms. The Morgan fingerprint density at radius 1 is 0.810 bits per heavy atom. The van der Waals surface area contributed by atoms with Crippen LogP contribution in [0.1, 0.15) is 40.2 Å². The topological polar surface area (TPSA) is 4.93 Å². The second kappa shape index (κ2) is 5.55. The van der Waals surface area contributed by atoms with E-state index in [2.05, 4.69) is 80.8 Å². The molecule has 1 aromatic heterocycles. The van der Waals surface area contributed by atoms with Crippen molar-refractivity contribution < 1.29 is 0 Å². The first-order valence-corrected chi connectivity index (χ1v) is 8.12. The van der Waals surface area contributed by atoms with Gasteiger partial charge >= 0.3 is 0 Å². The van der Waals surface area contributed by atoms with Gasteiger partial charge in [0.2, 0.25) is 0 Å². The van der Waals surface area contributed by atoms with Crippen LogP contribution in [0.3, 0.4) is 0 Å². The zero-order chi connectivity index (χ0) is 15.0. The summed E-state index contributed by atoms with van der Waals surface area (Å²) in [5.74, 6) is 1.29. The van der Waals surface area contributed by atoms with E-state index in [9.17, 15) is 0 Å². The largest absolute Gasteiger partial charge is 0.337 e. The molecule has 1 heteroatoms. The Kier molecular flexibility index (Phi) is 3.75. The summed E-state index contributed by atoms with van der Waals surface area (Å²) in [4.78, 5) is 0. The fraction of sp³-hybridized carbons (Fsp3) is 0.400. The quantitative estimate of drug-likeness (QED) is 0.549. The van der Waals surface area contributed by atoms with Crippen molar-refractivity contribution in [3.8, 4) is 0 Å². The fourth-order valence-electron chi connectivity index (χ4n) is 3.73. The van der Waals surface area contributed by atoms with Crippen molar-refractivity contribution in [2.24, 2.45) is 11.8 Å². The fourth-order valence-corrected chi connectivity index (χ4v) is 3.73. The lowest BCUT2D eigenvalue weighted by atomic mass is 9.89. The highest BCUT2D eigenvalue weighted by atomic mass is 15.0. The van der Waals surface area contributed by atoms with E-state index in [-0.39, 0.29) is 0 Å². The molecule has 21 heavy (non-hydrogen) atoms. The van der Waals surface area contributed by atoms with Crippen molar-refractivity contribution in [1.82, 2.24) is 4.57 Å². The van der Waals surface area contributed by atoms with Crippen LogP contribution in [0.4, 0.5) is 0 Å². The molecule has 0 N–H and O–H groups in total. The molecule has 0 fully saturated rings. The van der Waals surface area contributed by atoms with Crippen LogP contribution in [0.15, 0.2) is 48.5 Å². The van der Waals surface area contributed by atoms with Gasteiger partial charge in [-0.25, -0.2) is 0 Å². The highest BCUT2D eigenvalue weighted by Gasteiger charge is 2.24. The summed E-state index contributed by atoms with van der Waals surface area (Å²) in [6.07, 6.45) is 1.21. The van der Waals surface area contributed by atoms with Gasteiger partial charge in [0.15, 0.2) is 0 Å². The van der Waals surface area contributed by atoms with Crippen LogP contribution in [0, 0.1) is 11.8 Å². The average molecular weight is 279 g/mol. The maximum Gasteiger partial charge on any atom is 0.0494 e. The third kappa shape index (κ3) is 2.25. The van der Waals surface area contributed by atoms with Crippen molar-refractivity contribution in [3.05, 3.63) is 48.5 Å². The number of fused-ring (bicyclic) bond motifs is 3. The Labute approximate surface area is 127 Å². The average Bonchev–Trinajstić information content (AvgIpc) is 2.82. The minimum Gasteiger partial charge on any atom is -0.337 e. The molecule has 3 aromatic rings. The molecule has 2 atom stereocenters. The molecule has 0 saturated carbocycles. The van der Waals surface area contributed by atoms with E-state index in [0.717, 1.165) is 0 Å². The Morgan fingerprint density at radius 3 is 1.71 bits per heavy atom. The van der Waals surface area contributed by atoms with Gasteiger partial charge in [0.05, 0.1) is 0 Å². The maximum atomic E-state index is 2.59. The lowest BCUT2D eigenvalue weighted by molar-refractivity contribution is 0.277. The standard InChI is InChI=1S/C20H25N/c1-5-15(4)20(14(2)3)21-18-12-8-6-10-16(18)17-11-7-9-13-19(17)21/h6-15,20H,5H2,1-4H3. The van der Waals surface area contributed by atoms with E-state index in [1.165, 1.54) is 28.2 Å². The van der Waals surface area contributed by atoms with Crippen LogP contribution >= 0.6 is 0 Å².